The van der Waals surface area contributed by atoms with E-state index in [1.54, 1.807) is 30.3 Å². The molecule has 0 aliphatic carbocycles. The first-order chi connectivity index (χ1) is 8.63. The molecule has 0 saturated heterocycles. The number of hydrogen-bond donors (Lipinski definition) is 1. The minimum Gasteiger partial charge on any atom is -0.495 e. The highest BCUT2D eigenvalue weighted by Gasteiger charge is 2.15. The van der Waals surface area contributed by atoms with Gasteiger partial charge in [0.1, 0.15) is 5.75 Å². The summed E-state index contributed by atoms with van der Waals surface area (Å²) in [5.74, 6) is 0.302. The number of carbonyl (C=O) groups excluding carboxylic acids is 1. The molecule has 0 aliphatic heterocycles. The van der Waals surface area contributed by atoms with E-state index in [4.69, 9.17) is 22.1 Å². The Morgan fingerprint density at radius 1 is 1.22 bits per heavy atom. The van der Waals surface area contributed by atoms with Crippen molar-refractivity contribution in [3.63, 3.8) is 0 Å². The molecule has 4 heteroatoms. The van der Waals surface area contributed by atoms with Crippen LogP contribution in [-0.2, 0) is 0 Å². The molecular weight excluding hydrogens is 250 g/mol. The standard InChI is InChI=1S/C14H12ClNO2/c1-18-13-8-12(16)10(7-11(13)15)14(17)9-5-3-2-4-6-9/h2-8H,16H2,1H3. The van der Waals surface area contributed by atoms with Gasteiger partial charge in [0.15, 0.2) is 5.78 Å². The molecule has 3 nitrogen and oxygen atoms in total. The predicted octanol–water partition coefficient (Wildman–Crippen LogP) is 3.16. The molecule has 2 aromatic carbocycles. The Balaban J connectivity index is 2.46. The molecule has 2 aromatic rings. The number of ketones is 1. The number of nitrogen functional groups attached to an aromatic ring is 1. The minimum absolute atomic E-state index is 0.155. The summed E-state index contributed by atoms with van der Waals surface area (Å²) in [6.07, 6.45) is 0. The van der Waals surface area contributed by atoms with Crippen molar-refractivity contribution < 1.29 is 9.53 Å². The van der Waals surface area contributed by atoms with Crippen LogP contribution < -0.4 is 10.5 Å². The van der Waals surface area contributed by atoms with E-state index in [1.165, 1.54) is 13.2 Å². The first-order valence-electron chi connectivity index (χ1n) is 5.36. The number of methoxy groups -OCH3 is 1. The third-order valence-electron chi connectivity index (χ3n) is 2.60. The highest BCUT2D eigenvalue weighted by atomic mass is 35.5. The van der Waals surface area contributed by atoms with Gasteiger partial charge < -0.3 is 10.5 Å². The first-order valence-corrected chi connectivity index (χ1v) is 5.74. The van der Waals surface area contributed by atoms with Crippen LogP contribution in [0.1, 0.15) is 15.9 Å². The number of rotatable bonds is 3. The van der Waals surface area contributed by atoms with Gasteiger partial charge in [-0.1, -0.05) is 41.9 Å². The second kappa shape index (κ2) is 5.10. The summed E-state index contributed by atoms with van der Waals surface area (Å²) >= 11 is 6.00. The lowest BCUT2D eigenvalue weighted by molar-refractivity contribution is 0.103. The molecule has 0 fully saturated rings. The maximum atomic E-state index is 12.2. The van der Waals surface area contributed by atoms with Crippen molar-refractivity contribution in [1.29, 1.82) is 0 Å². The fourth-order valence-electron chi connectivity index (χ4n) is 1.67. The van der Waals surface area contributed by atoms with Gasteiger partial charge in [-0.05, 0) is 6.07 Å². The molecule has 0 heterocycles. The van der Waals surface area contributed by atoms with Crippen LogP contribution in [0.25, 0.3) is 0 Å². The molecule has 0 saturated carbocycles. The molecule has 0 amide bonds. The molecule has 92 valence electrons. The lowest BCUT2D eigenvalue weighted by atomic mass is 10.0. The van der Waals surface area contributed by atoms with Crippen LogP contribution in [-0.4, -0.2) is 12.9 Å². The highest BCUT2D eigenvalue weighted by molar-refractivity contribution is 6.33. The minimum atomic E-state index is -0.155. The fraction of sp³-hybridized carbons (Fsp3) is 0.0714. The Labute approximate surface area is 110 Å². The summed E-state index contributed by atoms with van der Waals surface area (Å²) in [6, 6.07) is 12.0. The van der Waals surface area contributed by atoms with Crippen LogP contribution >= 0.6 is 11.6 Å². The zero-order valence-electron chi connectivity index (χ0n) is 9.81. The van der Waals surface area contributed by atoms with Crippen molar-refractivity contribution in [2.24, 2.45) is 0 Å². The van der Waals surface area contributed by atoms with E-state index in [0.29, 0.717) is 27.6 Å². The van der Waals surface area contributed by atoms with Gasteiger partial charge in [0, 0.05) is 22.9 Å². The van der Waals surface area contributed by atoms with Crippen LogP contribution in [0.4, 0.5) is 5.69 Å². The molecule has 2 N–H and O–H groups in total. The normalized spacial score (nSPS) is 10.1. The van der Waals surface area contributed by atoms with Gasteiger partial charge in [-0.2, -0.15) is 0 Å². The number of halogens is 1. The molecular formula is C14H12ClNO2. The zero-order valence-corrected chi connectivity index (χ0v) is 10.6. The summed E-state index contributed by atoms with van der Waals surface area (Å²) in [6.45, 7) is 0. The van der Waals surface area contributed by atoms with E-state index >= 15 is 0 Å². The van der Waals surface area contributed by atoms with Gasteiger partial charge in [0.25, 0.3) is 0 Å². The number of hydrogen-bond acceptors (Lipinski definition) is 3. The number of ether oxygens (including phenoxy) is 1. The number of benzene rings is 2. The zero-order chi connectivity index (χ0) is 13.1. The second-order valence-electron chi connectivity index (χ2n) is 3.77. The molecule has 2 rings (SSSR count). The first kappa shape index (κ1) is 12.5. The molecule has 0 aliphatic rings. The summed E-state index contributed by atoms with van der Waals surface area (Å²) < 4.78 is 5.04. The molecule has 0 aromatic heterocycles. The molecule has 18 heavy (non-hydrogen) atoms. The average Bonchev–Trinajstić information content (AvgIpc) is 2.41. The van der Waals surface area contributed by atoms with E-state index in [2.05, 4.69) is 0 Å². The summed E-state index contributed by atoms with van der Waals surface area (Å²) in [4.78, 5) is 12.2. The molecule has 0 atom stereocenters. The molecule has 0 unspecified atom stereocenters. The lowest BCUT2D eigenvalue weighted by Gasteiger charge is -2.09. The van der Waals surface area contributed by atoms with Crippen LogP contribution in [0.3, 0.4) is 0 Å². The second-order valence-corrected chi connectivity index (χ2v) is 4.18. The molecule has 0 bridgehead atoms. The van der Waals surface area contributed by atoms with E-state index in [1.807, 2.05) is 6.07 Å². The Bertz CT molecular complexity index is 582. The quantitative estimate of drug-likeness (QED) is 0.682. The molecule has 0 spiro atoms. The maximum Gasteiger partial charge on any atom is 0.195 e. The number of anilines is 1. The molecule has 0 radical (unpaired) electrons. The summed E-state index contributed by atoms with van der Waals surface area (Å²) in [5.41, 5.74) is 7.15. The topological polar surface area (TPSA) is 52.3 Å². The Hall–Kier alpha value is -2.00. The summed E-state index contributed by atoms with van der Waals surface area (Å²) in [7, 11) is 1.50. The van der Waals surface area contributed by atoms with Gasteiger partial charge in [-0.3, -0.25) is 4.79 Å². The Morgan fingerprint density at radius 2 is 1.89 bits per heavy atom. The largest absolute Gasteiger partial charge is 0.495 e. The van der Waals surface area contributed by atoms with Crippen molar-refractivity contribution in [3.05, 3.63) is 58.6 Å². The van der Waals surface area contributed by atoms with Crippen molar-refractivity contribution >= 4 is 23.1 Å². The van der Waals surface area contributed by atoms with Gasteiger partial charge in [-0.15, -0.1) is 0 Å². The van der Waals surface area contributed by atoms with Gasteiger partial charge in [0.05, 0.1) is 12.1 Å². The average molecular weight is 262 g/mol. The third kappa shape index (κ3) is 2.31. The monoisotopic (exact) mass is 261 g/mol. The third-order valence-corrected chi connectivity index (χ3v) is 2.90. The van der Waals surface area contributed by atoms with Gasteiger partial charge >= 0.3 is 0 Å². The van der Waals surface area contributed by atoms with Crippen LogP contribution in [0.5, 0.6) is 5.75 Å². The number of carbonyl (C=O) groups is 1. The maximum absolute atomic E-state index is 12.2. The van der Waals surface area contributed by atoms with E-state index < -0.39 is 0 Å². The van der Waals surface area contributed by atoms with Gasteiger partial charge in [0.2, 0.25) is 0 Å². The van der Waals surface area contributed by atoms with Gasteiger partial charge in [-0.25, -0.2) is 0 Å². The van der Waals surface area contributed by atoms with Crippen molar-refractivity contribution in [3.8, 4) is 5.75 Å². The lowest BCUT2D eigenvalue weighted by Crippen LogP contribution is -2.05. The van der Waals surface area contributed by atoms with Crippen molar-refractivity contribution in [1.82, 2.24) is 0 Å². The van der Waals surface area contributed by atoms with Crippen molar-refractivity contribution in [2.75, 3.05) is 12.8 Å². The smallest absolute Gasteiger partial charge is 0.195 e. The fourth-order valence-corrected chi connectivity index (χ4v) is 1.91. The van der Waals surface area contributed by atoms with E-state index in [9.17, 15) is 4.79 Å². The summed E-state index contributed by atoms with van der Waals surface area (Å²) in [5, 5.41) is 0.367. The van der Waals surface area contributed by atoms with Crippen LogP contribution in [0.2, 0.25) is 5.02 Å². The van der Waals surface area contributed by atoms with E-state index in [-0.39, 0.29) is 5.78 Å². The Kier molecular flexibility index (Phi) is 3.53. The number of nitrogens with two attached hydrogens (primary N) is 1. The van der Waals surface area contributed by atoms with Crippen LogP contribution in [0.15, 0.2) is 42.5 Å². The predicted molar refractivity (Wildman–Crippen MR) is 72.3 cm³/mol. The van der Waals surface area contributed by atoms with Crippen LogP contribution in [0, 0.1) is 0 Å². The van der Waals surface area contributed by atoms with Crippen molar-refractivity contribution in [2.45, 2.75) is 0 Å². The SMILES string of the molecule is COc1cc(N)c(C(=O)c2ccccc2)cc1Cl. The Morgan fingerprint density at radius 3 is 2.50 bits per heavy atom. The van der Waals surface area contributed by atoms with E-state index in [0.717, 1.165) is 0 Å². The highest BCUT2D eigenvalue weighted by Crippen LogP contribution is 2.30.